The van der Waals surface area contributed by atoms with Crippen molar-refractivity contribution < 1.29 is 9.53 Å². The van der Waals surface area contributed by atoms with Crippen LogP contribution < -0.4 is 4.74 Å². The van der Waals surface area contributed by atoms with Gasteiger partial charge in [0.05, 0.1) is 5.02 Å². The lowest BCUT2D eigenvalue weighted by molar-refractivity contribution is -0.130. The predicted octanol–water partition coefficient (Wildman–Crippen LogP) is 4.77. The molecule has 1 aromatic rings. The van der Waals surface area contributed by atoms with Crippen LogP contribution in [0.3, 0.4) is 0 Å². The second kappa shape index (κ2) is 6.76. The van der Waals surface area contributed by atoms with E-state index in [9.17, 15) is 4.79 Å². The number of carbonyl (C=O) groups excluding carboxylic acids is 1. The van der Waals surface area contributed by atoms with Crippen molar-refractivity contribution in [2.24, 2.45) is 5.92 Å². The van der Waals surface area contributed by atoms with Crippen LogP contribution in [0.1, 0.15) is 38.5 Å². The topological polar surface area (TPSA) is 26.3 Å². The van der Waals surface area contributed by atoms with Crippen molar-refractivity contribution in [2.45, 2.75) is 38.5 Å². The molecule has 0 unspecified atom stereocenters. The summed E-state index contributed by atoms with van der Waals surface area (Å²) in [7, 11) is 0. The van der Waals surface area contributed by atoms with E-state index in [2.05, 4.69) is 6.58 Å². The Morgan fingerprint density at radius 1 is 1.26 bits per heavy atom. The highest BCUT2D eigenvalue weighted by Gasteiger charge is 2.19. The molecular weight excluding hydrogens is 260 g/mol. The average molecular weight is 279 g/mol. The van der Waals surface area contributed by atoms with E-state index in [4.69, 9.17) is 16.3 Å². The zero-order valence-electron chi connectivity index (χ0n) is 11.0. The number of carbonyl (C=O) groups is 1. The lowest BCUT2D eigenvalue weighted by Gasteiger charge is -2.21. The van der Waals surface area contributed by atoms with Crippen molar-refractivity contribution in [3.63, 3.8) is 0 Å². The number of benzene rings is 1. The highest BCUT2D eigenvalue weighted by molar-refractivity contribution is 6.32. The maximum Gasteiger partial charge on any atom is 0.338 e. The van der Waals surface area contributed by atoms with Gasteiger partial charge in [0.2, 0.25) is 0 Å². The van der Waals surface area contributed by atoms with Gasteiger partial charge in [0, 0.05) is 5.57 Å². The number of ether oxygens (including phenoxy) is 1. The van der Waals surface area contributed by atoms with Crippen LogP contribution in [0.4, 0.5) is 0 Å². The molecule has 0 aromatic heterocycles. The van der Waals surface area contributed by atoms with E-state index >= 15 is 0 Å². The Kier molecular flexibility index (Phi) is 5.03. The maximum absolute atomic E-state index is 12.0. The monoisotopic (exact) mass is 278 g/mol. The summed E-state index contributed by atoms with van der Waals surface area (Å²) in [5.41, 5.74) is 0.548. The molecule has 1 saturated carbocycles. The van der Waals surface area contributed by atoms with E-state index in [0.29, 0.717) is 22.3 Å². The van der Waals surface area contributed by atoms with E-state index in [0.717, 1.165) is 6.42 Å². The molecule has 0 heterocycles. The van der Waals surface area contributed by atoms with Gasteiger partial charge in [-0.15, -0.1) is 0 Å². The first-order valence-corrected chi connectivity index (χ1v) is 7.19. The van der Waals surface area contributed by atoms with E-state index in [1.165, 1.54) is 32.1 Å². The van der Waals surface area contributed by atoms with Crippen LogP contribution in [-0.4, -0.2) is 5.97 Å². The molecule has 0 radical (unpaired) electrons. The quantitative estimate of drug-likeness (QED) is 0.450. The minimum Gasteiger partial charge on any atom is -0.422 e. The summed E-state index contributed by atoms with van der Waals surface area (Å²) in [6.45, 7) is 3.86. The summed E-state index contributed by atoms with van der Waals surface area (Å²) in [6.07, 6.45) is 6.96. The summed E-state index contributed by atoms with van der Waals surface area (Å²) in [5, 5.41) is 0.446. The van der Waals surface area contributed by atoms with Gasteiger partial charge in [0.25, 0.3) is 0 Å². The zero-order chi connectivity index (χ0) is 13.7. The lowest BCUT2D eigenvalue weighted by Crippen LogP contribution is -2.15. The highest BCUT2D eigenvalue weighted by Crippen LogP contribution is 2.29. The van der Waals surface area contributed by atoms with Crippen LogP contribution >= 0.6 is 11.6 Å². The molecule has 1 aliphatic rings. The smallest absolute Gasteiger partial charge is 0.338 e. The van der Waals surface area contributed by atoms with Crippen LogP contribution in [0.5, 0.6) is 5.75 Å². The highest BCUT2D eigenvalue weighted by atomic mass is 35.5. The minimum absolute atomic E-state index is 0.362. The molecule has 3 heteroatoms. The number of rotatable bonds is 4. The van der Waals surface area contributed by atoms with E-state index < -0.39 is 0 Å². The van der Waals surface area contributed by atoms with Gasteiger partial charge in [0.1, 0.15) is 5.75 Å². The van der Waals surface area contributed by atoms with E-state index in [-0.39, 0.29) is 5.97 Å². The van der Waals surface area contributed by atoms with Crippen molar-refractivity contribution in [2.75, 3.05) is 0 Å². The van der Waals surface area contributed by atoms with Crippen molar-refractivity contribution >= 4 is 17.6 Å². The van der Waals surface area contributed by atoms with Gasteiger partial charge in [-0.25, -0.2) is 4.79 Å². The summed E-state index contributed by atoms with van der Waals surface area (Å²) < 4.78 is 5.28. The SMILES string of the molecule is C=C(CC1CCCCC1)C(=O)Oc1ccccc1Cl. The average Bonchev–Trinajstić information content (AvgIpc) is 2.42. The fourth-order valence-corrected chi connectivity index (χ4v) is 2.70. The maximum atomic E-state index is 12.0. The molecule has 2 nitrogen and oxygen atoms in total. The summed E-state index contributed by atoms with van der Waals surface area (Å²) in [6, 6.07) is 6.98. The summed E-state index contributed by atoms with van der Waals surface area (Å²) >= 11 is 5.96. The fourth-order valence-electron chi connectivity index (χ4n) is 2.52. The van der Waals surface area contributed by atoms with E-state index in [1.54, 1.807) is 24.3 Å². The zero-order valence-corrected chi connectivity index (χ0v) is 11.8. The lowest BCUT2D eigenvalue weighted by atomic mass is 9.85. The van der Waals surface area contributed by atoms with Gasteiger partial charge in [-0.3, -0.25) is 0 Å². The van der Waals surface area contributed by atoms with Gasteiger partial charge in [0.15, 0.2) is 0 Å². The Balaban J connectivity index is 1.89. The van der Waals surface area contributed by atoms with Gasteiger partial charge in [-0.2, -0.15) is 0 Å². The van der Waals surface area contributed by atoms with Gasteiger partial charge < -0.3 is 4.74 Å². The van der Waals surface area contributed by atoms with Gasteiger partial charge in [-0.1, -0.05) is 62.4 Å². The van der Waals surface area contributed by atoms with Gasteiger partial charge in [-0.05, 0) is 24.5 Å². The molecule has 0 amide bonds. The van der Waals surface area contributed by atoms with Crippen molar-refractivity contribution in [1.82, 2.24) is 0 Å². The Labute approximate surface area is 119 Å². The van der Waals surface area contributed by atoms with Crippen LogP contribution in [-0.2, 0) is 4.79 Å². The number of halogens is 1. The molecule has 19 heavy (non-hydrogen) atoms. The molecular formula is C16H19ClO2. The third-order valence-electron chi connectivity index (χ3n) is 3.59. The van der Waals surface area contributed by atoms with Crippen LogP contribution in [0.25, 0.3) is 0 Å². The third kappa shape index (κ3) is 4.10. The van der Waals surface area contributed by atoms with E-state index in [1.807, 2.05) is 0 Å². The second-order valence-electron chi connectivity index (χ2n) is 5.13. The Bertz CT molecular complexity index is 462. The Morgan fingerprint density at radius 3 is 2.63 bits per heavy atom. The normalized spacial score (nSPS) is 16.1. The van der Waals surface area contributed by atoms with Gasteiger partial charge >= 0.3 is 5.97 Å². The number of hydrogen-bond donors (Lipinski definition) is 0. The first-order valence-electron chi connectivity index (χ1n) is 6.81. The Hall–Kier alpha value is -1.28. The summed E-state index contributed by atoms with van der Waals surface area (Å²) in [5.74, 6) is 0.623. The molecule has 1 aromatic carbocycles. The molecule has 0 N–H and O–H groups in total. The third-order valence-corrected chi connectivity index (χ3v) is 3.90. The molecule has 0 bridgehead atoms. The largest absolute Gasteiger partial charge is 0.422 e. The molecule has 2 rings (SSSR count). The molecule has 102 valence electrons. The van der Waals surface area contributed by atoms with Crippen molar-refractivity contribution in [3.8, 4) is 5.75 Å². The van der Waals surface area contributed by atoms with Crippen molar-refractivity contribution in [3.05, 3.63) is 41.4 Å². The van der Waals surface area contributed by atoms with Crippen LogP contribution in [0, 0.1) is 5.92 Å². The molecule has 0 saturated heterocycles. The summed E-state index contributed by atoms with van der Waals surface area (Å²) in [4.78, 5) is 12.0. The number of hydrogen-bond acceptors (Lipinski definition) is 2. The molecule has 0 aliphatic heterocycles. The molecule has 1 aliphatic carbocycles. The first-order chi connectivity index (χ1) is 9.16. The van der Waals surface area contributed by atoms with Crippen LogP contribution in [0.2, 0.25) is 5.02 Å². The molecule has 1 fully saturated rings. The molecule has 0 spiro atoms. The van der Waals surface area contributed by atoms with Crippen molar-refractivity contribution in [1.29, 1.82) is 0 Å². The fraction of sp³-hybridized carbons (Fsp3) is 0.438. The second-order valence-corrected chi connectivity index (χ2v) is 5.54. The molecule has 0 atom stereocenters. The number of para-hydroxylation sites is 1. The predicted molar refractivity (Wildman–Crippen MR) is 77.4 cm³/mol. The minimum atomic E-state index is -0.362. The standard InChI is InChI=1S/C16H19ClO2/c1-12(11-13-7-3-2-4-8-13)16(18)19-15-10-6-5-9-14(15)17/h5-6,9-10,13H,1-4,7-8,11H2. The van der Waals surface area contributed by atoms with Crippen LogP contribution in [0.15, 0.2) is 36.4 Å². The first kappa shape index (κ1) is 14.1. The number of esters is 1. The Morgan fingerprint density at radius 2 is 1.95 bits per heavy atom.